The highest BCUT2D eigenvalue weighted by Gasteiger charge is 2.02. The fourth-order valence-electron chi connectivity index (χ4n) is 1.25. The molecule has 0 heterocycles. The van der Waals surface area contributed by atoms with Gasteiger partial charge in [-0.1, -0.05) is 11.6 Å². The lowest BCUT2D eigenvalue weighted by atomic mass is 10.2. The topological polar surface area (TPSA) is 12.0 Å². The SMILES string of the molecule is C#CCC(C)NCc1cc(F)cc(Cl)c1. The maximum absolute atomic E-state index is 13.0. The standard InChI is InChI=1S/C12H13ClFN/c1-3-4-9(2)15-8-10-5-11(13)7-12(14)6-10/h1,5-7,9,15H,4,8H2,2H3. The van der Waals surface area contributed by atoms with E-state index in [1.807, 2.05) is 6.92 Å². The van der Waals surface area contributed by atoms with E-state index >= 15 is 0 Å². The van der Waals surface area contributed by atoms with Gasteiger partial charge in [0, 0.05) is 24.0 Å². The van der Waals surface area contributed by atoms with Gasteiger partial charge in [0.05, 0.1) is 0 Å². The van der Waals surface area contributed by atoms with Crippen molar-refractivity contribution in [2.24, 2.45) is 0 Å². The number of hydrogen-bond acceptors (Lipinski definition) is 1. The third-order valence-corrected chi connectivity index (χ3v) is 2.22. The Morgan fingerprint density at radius 1 is 1.53 bits per heavy atom. The van der Waals surface area contributed by atoms with Gasteiger partial charge in [-0.3, -0.25) is 0 Å². The maximum Gasteiger partial charge on any atom is 0.125 e. The van der Waals surface area contributed by atoms with Crippen LogP contribution in [-0.2, 0) is 6.54 Å². The number of benzene rings is 1. The molecule has 0 saturated carbocycles. The van der Waals surface area contributed by atoms with Crippen LogP contribution in [0.2, 0.25) is 5.02 Å². The summed E-state index contributed by atoms with van der Waals surface area (Å²) in [4.78, 5) is 0. The molecular formula is C12H13ClFN. The molecule has 80 valence electrons. The first-order chi connectivity index (χ1) is 7.11. The van der Waals surface area contributed by atoms with Crippen LogP contribution in [0.15, 0.2) is 18.2 Å². The number of terminal acetylenes is 1. The number of rotatable bonds is 4. The molecule has 0 spiro atoms. The molecule has 3 heteroatoms. The quantitative estimate of drug-likeness (QED) is 0.777. The summed E-state index contributed by atoms with van der Waals surface area (Å²) < 4.78 is 13.0. The van der Waals surface area contributed by atoms with Gasteiger partial charge in [0.15, 0.2) is 0 Å². The van der Waals surface area contributed by atoms with Gasteiger partial charge in [0.25, 0.3) is 0 Å². The van der Waals surface area contributed by atoms with Gasteiger partial charge in [-0.2, -0.15) is 0 Å². The molecule has 1 aromatic rings. The molecule has 0 aromatic heterocycles. The second kappa shape index (κ2) is 5.75. The Bertz CT molecular complexity index is 350. The van der Waals surface area contributed by atoms with Crippen molar-refractivity contribution in [2.45, 2.75) is 25.9 Å². The first-order valence-electron chi connectivity index (χ1n) is 4.73. The summed E-state index contributed by atoms with van der Waals surface area (Å²) in [5.41, 5.74) is 0.823. The Kier molecular flexibility index (Phi) is 4.61. The van der Waals surface area contributed by atoms with Gasteiger partial charge in [-0.15, -0.1) is 12.3 Å². The van der Waals surface area contributed by atoms with Crippen LogP contribution in [0.5, 0.6) is 0 Å². The number of nitrogens with one attached hydrogen (secondary N) is 1. The van der Waals surface area contributed by atoms with Gasteiger partial charge in [-0.05, 0) is 30.7 Å². The third-order valence-electron chi connectivity index (χ3n) is 2.00. The van der Waals surface area contributed by atoms with Crippen LogP contribution in [0.1, 0.15) is 18.9 Å². The van der Waals surface area contributed by atoms with Crippen molar-refractivity contribution in [3.8, 4) is 12.3 Å². The van der Waals surface area contributed by atoms with Crippen LogP contribution in [0.4, 0.5) is 4.39 Å². The molecule has 1 atom stereocenters. The van der Waals surface area contributed by atoms with Crippen molar-refractivity contribution in [3.63, 3.8) is 0 Å². The third kappa shape index (κ3) is 4.33. The van der Waals surface area contributed by atoms with Crippen molar-refractivity contribution in [3.05, 3.63) is 34.6 Å². The smallest absolute Gasteiger partial charge is 0.125 e. The molecule has 15 heavy (non-hydrogen) atoms. The molecule has 1 aromatic carbocycles. The summed E-state index contributed by atoms with van der Waals surface area (Å²) in [6.07, 6.45) is 5.83. The van der Waals surface area contributed by atoms with E-state index < -0.39 is 0 Å². The van der Waals surface area contributed by atoms with Crippen molar-refractivity contribution < 1.29 is 4.39 Å². The lowest BCUT2D eigenvalue weighted by molar-refractivity contribution is 0.555. The molecular weight excluding hydrogens is 213 g/mol. The lowest BCUT2D eigenvalue weighted by Crippen LogP contribution is -2.24. The first-order valence-corrected chi connectivity index (χ1v) is 5.11. The molecule has 0 amide bonds. The summed E-state index contributed by atoms with van der Waals surface area (Å²) in [7, 11) is 0. The van der Waals surface area contributed by atoms with Gasteiger partial charge < -0.3 is 5.32 Å². The van der Waals surface area contributed by atoms with E-state index in [0.717, 1.165) is 5.56 Å². The minimum absolute atomic E-state index is 0.219. The maximum atomic E-state index is 13.0. The Labute approximate surface area is 94.6 Å². The van der Waals surface area contributed by atoms with Crippen LogP contribution in [-0.4, -0.2) is 6.04 Å². The minimum Gasteiger partial charge on any atom is -0.309 e. The van der Waals surface area contributed by atoms with Crippen molar-refractivity contribution in [2.75, 3.05) is 0 Å². The van der Waals surface area contributed by atoms with Crippen molar-refractivity contribution >= 4 is 11.6 Å². The molecule has 0 saturated heterocycles. The monoisotopic (exact) mass is 225 g/mol. The molecule has 1 nitrogen and oxygen atoms in total. The highest BCUT2D eigenvalue weighted by atomic mass is 35.5. The van der Waals surface area contributed by atoms with E-state index in [-0.39, 0.29) is 11.9 Å². The van der Waals surface area contributed by atoms with Gasteiger partial charge in [0.2, 0.25) is 0 Å². The molecule has 0 bridgehead atoms. The van der Waals surface area contributed by atoms with E-state index in [9.17, 15) is 4.39 Å². The van der Waals surface area contributed by atoms with Crippen LogP contribution in [0, 0.1) is 18.2 Å². The molecule has 1 N–H and O–H groups in total. The van der Waals surface area contributed by atoms with E-state index in [1.54, 1.807) is 6.07 Å². The second-order valence-corrected chi connectivity index (χ2v) is 3.90. The summed E-state index contributed by atoms with van der Waals surface area (Å²) in [6, 6.07) is 4.70. The lowest BCUT2D eigenvalue weighted by Gasteiger charge is -2.10. The van der Waals surface area contributed by atoms with Crippen LogP contribution in [0.25, 0.3) is 0 Å². The van der Waals surface area contributed by atoms with Crippen LogP contribution >= 0.6 is 11.6 Å². The Balaban J connectivity index is 2.54. The Morgan fingerprint density at radius 2 is 2.27 bits per heavy atom. The first kappa shape index (κ1) is 12.0. The van der Waals surface area contributed by atoms with Crippen LogP contribution < -0.4 is 5.32 Å². The number of halogens is 2. The highest BCUT2D eigenvalue weighted by molar-refractivity contribution is 6.30. The minimum atomic E-state index is -0.316. The molecule has 0 radical (unpaired) electrons. The zero-order chi connectivity index (χ0) is 11.3. The zero-order valence-corrected chi connectivity index (χ0v) is 9.31. The highest BCUT2D eigenvalue weighted by Crippen LogP contribution is 2.14. The van der Waals surface area contributed by atoms with Crippen LogP contribution in [0.3, 0.4) is 0 Å². The largest absolute Gasteiger partial charge is 0.309 e. The summed E-state index contributed by atoms with van der Waals surface area (Å²) in [6.45, 7) is 2.56. The second-order valence-electron chi connectivity index (χ2n) is 3.47. The molecule has 0 aliphatic rings. The van der Waals surface area contributed by atoms with E-state index in [0.29, 0.717) is 18.0 Å². The predicted octanol–water partition coefficient (Wildman–Crippen LogP) is 2.98. The molecule has 0 aliphatic heterocycles. The predicted molar refractivity (Wildman–Crippen MR) is 61.2 cm³/mol. The van der Waals surface area contributed by atoms with Crippen molar-refractivity contribution in [1.29, 1.82) is 0 Å². The van der Waals surface area contributed by atoms with Crippen molar-refractivity contribution in [1.82, 2.24) is 5.32 Å². The van der Waals surface area contributed by atoms with E-state index in [2.05, 4.69) is 11.2 Å². The summed E-state index contributed by atoms with van der Waals surface area (Å²) >= 11 is 5.73. The summed E-state index contributed by atoms with van der Waals surface area (Å²) in [5.74, 6) is 2.25. The van der Waals surface area contributed by atoms with E-state index in [4.69, 9.17) is 18.0 Å². The summed E-state index contributed by atoms with van der Waals surface area (Å²) in [5, 5.41) is 3.60. The normalized spacial score (nSPS) is 12.1. The van der Waals surface area contributed by atoms with E-state index in [1.165, 1.54) is 12.1 Å². The van der Waals surface area contributed by atoms with Gasteiger partial charge in [0.1, 0.15) is 5.82 Å². The number of hydrogen-bond donors (Lipinski definition) is 1. The molecule has 1 unspecified atom stereocenters. The zero-order valence-electron chi connectivity index (χ0n) is 8.56. The fraction of sp³-hybridized carbons (Fsp3) is 0.333. The average molecular weight is 226 g/mol. The Hall–Kier alpha value is -1.04. The average Bonchev–Trinajstić information content (AvgIpc) is 2.14. The van der Waals surface area contributed by atoms with Gasteiger partial charge in [-0.25, -0.2) is 4.39 Å². The molecule has 0 aliphatic carbocycles. The van der Waals surface area contributed by atoms with Gasteiger partial charge >= 0.3 is 0 Å². The molecule has 1 rings (SSSR count). The Morgan fingerprint density at radius 3 is 2.87 bits per heavy atom. The molecule has 0 fully saturated rings. The fourth-order valence-corrected chi connectivity index (χ4v) is 1.50.